The molecule has 1 N–H and O–H groups in total. The number of rotatable bonds is 3. The van der Waals surface area contributed by atoms with Crippen molar-refractivity contribution < 1.29 is 19.4 Å². The first kappa shape index (κ1) is 12.6. The zero-order chi connectivity index (χ0) is 12.3. The Kier molecular flexibility index (Phi) is 4.01. The van der Waals surface area contributed by atoms with Crippen molar-refractivity contribution in [3.8, 4) is 11.5 Å². The number of phenols is 1. The third-order valence-electron chi connectivity index (χ3n) is 2.40. The van der Waals surface area contributed by atoms with E-state index in [1.807, 2.05) is 0 Å². The van der Waals surface area contributed by atoms with Crippen LogP contribution < -0.4 is 4.74 Å². The number of carbonyl (C=O) groups excluding carboxylic acids is 1. The highest BCUT2D eigenvalue weighted by Gasteiger charge is 2.19. The van der Waals surface area contributed by atoms with Crippen LogP contribution in [0.3, 0.4) is 0 Å². The lowest BCUT2D eigenvalue weighted by Crippen LogP contribution is -2.05. The lowest BCUT2D eigenvalue weighted by atomic mass is 10.0. The fourth-order valence-electron chi connectivity index (χ4n) is 1.44. The Morgan fingerprint density at radius 2 is 2.12 bits per heavy atom. The summed E-state index contributed by atoms with van der Waals surface area (Å²) in [7, 11) is 2.73. The molecule has 0 aliphatic heterocycles. The van der Waals surface area contributed by atoms with Gasteiger partial charge in [-0.2, -0.15) is 0 Å². The zero-order valence-electron chi connectivity index (χ0n) is 9.33. The van der Waals surface area contributed by atoms with Crippen LogP contribution in [0.4, 0.5) is 0 Å². The largest absolute Gasteiger partial charge is 0.507 e. The van der Waals surface area contributed by atoms with Crippen LogP contribution in [-0.4, -0.2) is 25.3 Å². The van der Waals surface area contributed by atoms with Gasteiger partial charge in [-0.15, -0.1) is 11.6 Å². The van der Waals surface area contributed by atoms with Gasteiger partial charge in [0.25, 0.3) is 0 Å². The summed E-state index contributed by atoms with van der Waals surface area (Å²) < 4.78 is 9.66. The van der Waals surface area contributed by atoms with Gasteiger partial charge in [0.2, 0.25) is 0 Å². The van der Waals surface area contributed by atoms with Crippen LogP contribution >= 0.6 is 11.6 Å². The molecule has 1 aromatic rings. The summed E-state index contributed by atoms with van der Waals surface area (Å²) in [6, 6.07) is 1.44. The SMILES string of the molecule is COC(=O)c1cc(OC)c(C)c(CCl)c1O. The highest BCUT2D eigenvalue weighted by Crippen LogP contribution is 2.34. The number of phenolic OH excluding ortho intramolecular Hbond substituents is 1. The number of hydrogen-bond donors (Lipinski definition) is 1. The number of ether oxygens (including phenoxy) is 2. The van der Waals surface area contributed by atoms with Crippen molar-refractivity contribution in [1.29, 1.82) is 0 Å². The molecule has 0 heterocycles. The molecule has 1 aromatic carbocycles. The molecule has 0 aromatic heterocycles. The summed E-state index contributed by atoms with van der Waals surface area (Å²) in [5.74, 6) is -0.185. The van der Waals surface area contributed by atoms with Gasteiger partial charge in [-0.3, -0.25) is 0 Å². The Morgan fingerprint density at radius 3 is 2.56 bits per heavy atom. The molecule has 0 spiro atoms. The molecule has 0 saturated heterocycles. The molecule has 0 amide bonds. The van der Waals surface area contributed by atoms with E-state index in [4.69, 9.17) is 16.3 Å². The summed E-state index contributed by atoms with van der Waals surface area (Å²) in [6.45, 7) is 1.76. The summed E-state index contributed by atoms with van der Waals surface area (Å²) in [5.41, 5.74) is 1.24. The molecule has 0 saturated carbocycles. The van der Waals surface area contributed by atoms with Gasteiger partial charge in [0, 0.05) is 5.56 Å². The first-order chi connectivity index (χ1) is 7.56. The van der Waals surface area contributed by atoms with E-state index in [-0.39, 0.29) is 17.2 Å². The van der Waals surface area contributed by atoms with E-state index in [1.54, 1.807) is 6.92 Å². The highest BCUT2D eigenvalue weighted by molar-refractivity contribution is 6.17. The minimum atomic E-state index is -0.623. The molecule has 0 unspecified atom stereocenters. The minimum Gasteiger partial charge on any atom is -0.507 e. The Labute approximate surface area is 98.7 Å². The molecule has 0 aliphatic carbocycles. The Morgan fingerprint density at radius 1 is 1.50 bits per heavy atom. The second kappa shape index (κ2) is 5.07. The van der Waals surface area contributed by atoms with Gasteiger partial charge in [0.15, 0.2) is 0 Å². The third kappa shape index (κ3) is 2.07. The Hall–Kier alpha value is -1.42. The number of methoxy groups -OCH3 is 2. The van der Waals surface area contributed by atoms with Crippen molar-refractivity contribution in [3.63, 3.8) is 0 Å². The van der Waals surface area contributed by atoms with Crippen molar-refractivity contribution in [1.82, 2.24) is 0 Å². The molecule has 16 heavy (non-hydrogen) atoms. The molecule has 0 aliphatic rings. The number of halogens is 1. The smallest absolute Gasteiger partial charge is 0.341 e. The maximum absolute atomic E-state index is 11.4. The van der Waals surface area contributed by atoms with Crippen molar-refractivity contribution in [3.05, 3.63) is 22.8 Å². The minimum absolute atomic E-state index is 0.0561. The standard InChI is InChI=1S/C11H13ClO4/c1-6-8(5-12)10(13)7(11(14)16-3)4-9(6)15-2/h4,13H,5H2,1-3H3. The number of aromatic hydroxyl groups is 1. The van der Waals surface area contributed by atoms with Crippen LogP contribution in [0.25, 0.3) is 0 Å². The Bertz CT molecular complexity index is 415. The topological polar surface area (TPSA) is 55.8 Å². The van der Waals surface area contributed by atoms with Crippen molar-refractivity contribution in [2.45, 2.75) is 12.8 Å². The van der Waals surface area contributed by atoms with Gasteiger partial charge in [0.1, 0.15) is 17.1 Å². The first-order valence-electron chi connectivity index (χ1n) is 4.60. The molecule has 1 rings (SSSR count). The van der Waals surface area contributed by atoms with E-state index >= 15 is 0 Å². The van der Waals surface area contributed by atoms with Crippen LogP contribution in [0.1, 0.15) is 21.5 Å². The molecule has 5 heteroatoms. The maximum atomic E-state index is 11.4. The molecular weight excluding hydrogens is 232 g/mol. The summed E-state index contributed by atoms with van der Waals surface area (Å²) in [4.78, 5) is 11.4. The van der Waals surface area contributed by atoms with Crippen LogP contribution in [0.15, 0.2) is 6.07 Å². The second-order valence-corrected chi connectivity index (χ2v) is 3.47. The predicted molar refractivity (Wildman–Crippen MR) is 60.3 cm³/mol. The fourth-order valence-corrected chi connectivity index (χ4v) is 1.76. The number of hydrogen-bond acceptors (Lipinski definition) is 4. The maximum Gasteiger partial charge on any atom is 0.341 e. The van der Waals surface area contributed by atoms with E-state index in [9.17, 15) is 9.90 Å². The number of esters is 1. The van der Waals surface area contributed by atoms with Crippen LogP contribution in [0.2, 0.25) is 0 Å². The summed E-state index contributed by atoms with van der Waals surface area (Å²) >= 11 is 5.72. The van der Waals surface area contributed by atoms with E-state index in [1.165, 1.54) is 20.3 Å². The van der Waals surface area contributed by atoms with Gasteiger partial charge in [-0.25, -0.2) is 4.79 Å². The van der Waals surface area contributed by atoms with Gasteiger partial charge < -0.3 is 14.6 Å². The number of carbonyl (C=O) groups is 1. The van der Waals surface area contributed by atoms with Crippen LogP contribution in [-0.2, 0) is 10.6 Å². The lowest BCUT2D eigenvalue weighted by Gasteiger charge is -2.13. The number of alkyl halides is 1. The second-order valence-electron chi connectivity index (χ2n) is 3.20. The van der Waals surface area contributed by atoms with Crippen molar-refractivity contribution >= 4 is 17.6 Å². The molecule has 4 nitrogen and oxygen atoms in total. The molecule has 0 bridgehead atoms. The first-order valence-corrected chi connectivity index (χ1v) is 5.14. The van der Waals surface area contributed by atoms with Gasteiger partial charge in [-0.1, -0.05) is 0 Å². The molecule has 0 fully saturated rings. The van der Waals surface area contributed by atoms with Crippen LogP contribution in [0.5, 0.6) is 11.5 Å². The average Bonchev–Trinajstić information content (AvgIpc) is 2.29. The zero-order valence-corrected chi connectivity index (χ0v) is 10.1. The fraction of sp³-hybridized carbons (Fsp3) is 0.364. The molecular formula is C11H13ClO4. The monoisotopic (exact) mass is 244 g/mol. The van der Waals surface area contributed by atoms with E-state index < -0.39 is 5.97 Å². The average molecular weight is 245 g/mol. The quantitative estimate of drug-likeness (QED) is 0.654. The van der Waals surface area contributed by atoms with E-state index in [2.05, 4.69) is 4.74 Å². The molecule has 0 atom stereocenters. The molecule has 88 valence electrons. The van der Waals surface area contributed by atoms with Crippen molar-refractivity contribution in [2.24, 2.45) is 0 Å². The van der Waals surface area contributed by atoms with E-state index in [0.717, 1.165) is 0 Å². The summed E-state index contributed by atoms with van der Waals surface area (Å²) in [5, 5.41) is 9.85. The van der Waals surface area contributed by atoms with E-state index in [0.29, 0.717) is 16.9 Å². The molecule has 0 radical (unpaired) electrons. The highest BCUT2D eigenvalue weighted by atomic mass is 35.5. The summed E-state index contributed by atoms with van der Waals surface area (Å²) in [6.07, 6.45) is 0. The predicted octanol–water partition coefficient (Wildman–Crippen LogP) is 2.23. The van der Waals surface area contributed by atoms with Crippen molar-refractivity contribution in [2.75, 3.05) is 14.2 Å². The third-order valence-corrected chi connectivity index (χ3v) is 2.66. The van der Waals surface area contributed by atoms with Gasteiger partial charge in [-0.05, 0) is 18.6 Å². The van der Waals surface area contributed by atoms with Gasteiger partial charge >= 0.3 is 5.97 Å². The van der Waals surface area contributed by atoms with Crippen LogP contribution in [0, 0.1) is 6.92 Å². The van der Waals surface area contributed by atoms with Gasteiger partial charge in [0.05, 0.1) is 20.1 Å². The lowest BCUT2D eigenvalue weighted by molar-refractivity contribution is 0.0597. The normalized spacial score (nSPS) is 10.0. The number of benzene rings is 1. The Balaban J connectivity index is 3.46.